The molecule has 2 aromatic rings. The molecule has 0 aliphatic carbocycles. The molecule has 0 fully saturated rings. The van der Waals surface area contributed by atoms with Crippen molar-refractivity contribution < 1.29 is 4.86 Å². The minimum Gasteiger partial charge on any atom is -0.691 e. The zero-order valence-electron chi connectivity index (χ0n) is 9.50. The molecule has 0 aliphatic rings. The summed E-state index contributed by atoms with van der Waals surface area (Å²) in [6.45, 7) is 2.00. The highest BCUT2D eigenvalue weighted by Gasteiger charge is 1.97. The Kier molecular flexibility index (Phi) is 3.35. The first-order chi connectivity index (χ1) is 8.25. The number of aryl methyl sites for hydroxylation is 1. The molecule has 0 saturated heterocycles. The summed E-state index contributed by atoms with van der Waals surface area (Å²) in [4.78, 5) is 0.555. The molecule has 1 N–H and O–H groups in total. The normalized spacial score (nSPS) is 11.2. The maximum atomic E-state index is 11.6. The Morgan fingerprint density at radius 1 is 1.00 bits per heavy atom. The Morgan fingerprint density at radius 2 is 1.65 bits per heavy atom. The average molecular weight is 227 g/mol. The minimum atomic E-state index is 0.493. The van der Waals surface area contributed by atoms with Gasteiger partial charge in [0.05, 0.1) is 5.22 Å². The molecule has 0 aromatic heterocycles. The summed E-state index contributed by atoms with van der Waals surface area (Å²) in [6, 6.07) is 16.5. The van der Waals surface area contributed by atoms with E-state index < -0.39 is 0 Å². The van der Waals surface area contributed by atoms with Gasteiger partial charge in [0, 0.05) is 0 Å². The van der Waals surface area contributed by atoms with Crippen molar-refractivity contribution in [1.29, 1.82) is 0 Å². The second-order valence-electron chi connectivity index (χ2n) is 3.69. The van der Waals surface area contributed by atoms with Crippen molar-refractivity contribution in [3.05, 3.63) is 65.4 Å². The lowest BCUT2D eigenvalue weighted by atomic mass is 10.2. The van der Waals surface area contributed by atoms with Crippen LogP contribution in [-0.4, -0.2) is 4.86 Å². The summed E-state index contributed by atoms with van der Waals surface area (Å²) < 4.78 is 0. The van der Waals surface area contributed by atoms with Crippen molar-refractivity contribution in [2.75, 3.05) is 5.43 Å². The molecule has 2 aromatic carbocycles. The van der Waals surface area contributed by atoms with Crippen molar-refractivity contribution in [3.8, 4) is 0 Å². The second kappa shape index (κ2) is 5.12. The van der Waals surface area contributed by atoms with E-state index in [4.69, 9.17) is 0 Å². The van der Waals surface area contributed by atoms with E-state index in [0.29, 0.717) is 10.5 Å². The molecule has 0 amide bonds. The lowest BCUT2D eigenvalue weighted by molar-refractivity contribution is -0.439. The number of hydrogen-bond donors (Lipinski definition) is 1. The molecule has 0 heterocycles. The van der Waals surface area contributed by atoms with Crippen LogP contribution in [0.15, 0.2) is 59.8 Å². The SMILES string of the molecule is Cc1ccc(N/N=[N+](\[O-])c2ccccc2)cc1. The van der Waals surface area contributed by atoms with Crippen LogP contribution in [0.4, 0.5) is 11.4 Å². The molecule has 0 bridgehead atoms. The highest BCUT2D eigenvalue weighted by atomic mass is 16.5. The van der Waals surface area contributed by atoms with E-state index in [-0.39, 0.29) is 0 Å². The molecule has 0 spiro atoms. The smallest absolute Gasteiger partial charge is 0.154 e. The van der Waals surface area contributed by atoms with Gasteiger partial charge in [-0.15, -0.1) is 10.3 Å². The Labute approximate surface area is 99.8 Å². The molecule has 17 heavy (non-hydrogen) atoms. The van der Waals surface area contributed by atoms with Gasteiger partial charge in [-0.1, -0.05) is 35.9 Å². The standard InChI is InChI=1S/C13H13N3O/c1-11-7-9-12(10-8-11)14-15-16(17)13-5-3-2-4-6-13/h2-10,14H,1H3/b16-15-. The third-order valence-electron chi connectivity index (χ3n) is 2.30. The lowest BCUT2D eigenvalue weighted by Crippen LogP contribution is -1.97. The predicted molar refractivity (Wildman–Crippen MR) is 67.0 cm³/mol. The molecule has 86 valence electrons. The van der Waals surface area contributed by atoms with Gasteiger partial charge in [-0.3, -0.25) is 0 Å². The second-order valence-corrected chi connectivity index (χ2v) is 3.69. The van der Waals surface area contributed by atoms with Crippen molar-refractivity contribution in [1.82, 2.24) is 0 Å². The summed E-state index contributed by atoms with van der Waals surface area (Å²) in [5.41, 5.74) is 5.15. The lowest BCUT2D eigenvalue weighted by Gasteiger charge is -2.04. The summed E-state index contributed by atoms with van der Waals surface area (Å²) in [5, 5.41) is 15.3. The fourth-order valence-corrected chi connectivity index (χ4v) is 1.34. The van der Waals surface area contributed by atoms with Crippen LogP contribution in [0.5, 0.6) is 0 Å². The van der Waals surface area contributed by atoms with Crippen LogP contribution < -0.4 is 5.43 Å². The van der Waals surface area contributed by atoms with Gasteiger partial charge in [0.25, 0.3) is 0 Å². The highest BCUT2D eigenvalue weighted by Crippen LogP contribution is 2.12. The van der Waals surface area contributed by atoms with Gasteiger partial charge in [-0.05, 0) is 31.2 Å². The Hall–Kier alpha value is -2.36. The van der Waals surface area contributed by atoms with Gasteiger partial charge in [0.15, 0.2) is 5.69 Å². The molecule has 4 nitrogen and oxygen atoms in total. The van der Waals surface area contributed by atoms with Crippen molar-refractivity contribution in [2.24, 2.45) is 5.22 Å². The number of benzene rings is 2. The molecule has 0 saturated carbocycles. The molecular formula is C13H13N3O. The maximum Gasteiger partial charge on any atom is 0.154 e. The first-order valence-electron chi connectivity index (χ1n) is 5.31. The van der Waals surface area contributed by atoms with Gasteiger partial charge in [-0.25, -0.2) is 0 Å². The van der Waals surface area contributed by atoms with E-state index in [9.17, 15) is 5.21 Å². The molecule has 2 rings (SSSR count). The van der Waals surface area contributed by atoms with Crippen LogP contribution in [0.25, 0.3) is 0 Å². The molecule has 4 heteroatoms. The van der Waals surface area contributed by atoms with Crippen LogP contribution in [-0.2, 0) is 0 Å². The fourth-order valence-electron chi connectivity index (χ4n) is 1.34. The van der Waals surface area contributed by atoms with E-state index in [1.807, 2.05) is 37.3 Å². The Bertz CT molecular complexity index is 506. The molecule has 0 unspecified atom stereocenters. The number of hydrogen-bond acceptors (Lipinski definition) is 2. The van der Waals surface area contributed by atoms with Gasteiger partial charge in [0.2, 0.25) is 0 Å². The zero-order valence-corrected chi connectivity index (χ0v) is 9.50. The van der Waals surface area contributed by atoms with Crippen molar-refractivity contribution in [2.45, 2.75) is 6.92 Å². The molecular weight excluding hydrogens is 214 g/mol. The van der Waals surface area contributed by atoms with E-state index in [2.05, 4.69) is 10.6 Å². The summed E-state index contributed by atoms with van der Waals surface area (Å²) in [7, 11) is 0. The number of para-hydroxylation sites is 1. The number of nitrogens with zero attached hydrogens (tertiary/aromatic N) is 2. The number of rotatable bonds is 3. The number of anilines is 1. The predicted octanol–water partition coefficient (Wildman–Crippen LogP) is 3.62. The third-order valence-corrected chi connectivity index (χ3v) is 2.30. The number of nitrogens with one attached hydrogen (secondary N) is 1. The molecule has 0 aliphatic heterocycles. The largest absolute Gasteiger partial charge is 0.691 e. The van der Waals surface area contributed by atoms with E-state index in [0.717, 1.165) is 11.3 Å². The van der Waals surface area contributed by atoms with Crippen LogP contribution >= 0.6 is 0 Å². The van der Waals surface area contributed by atoms with Gasteiger partial charge >= 0.3 is 0 Å². The van der Waals surface area contributed by atoms with Gasteiger partial charge in [0.1, 0.15) is 5.69 Å². The maximum absolute atomic E-state index is 11.6. The van der Waals surface area contributed by atoms with Crippen LogP contribution in [0, 0.1) is 12.1 Å². The molecule has 0 radical (unpaired) electrons. The van der Waals surface area contributed by atoms with Crippen molar-refractivity contribution >= 4 is 11.4 Å². The average Bonchev–Trinajstić information content (AvgIpc) is 2.39. The highest BCUT2D eigenvalue weighted by molar-refractivity contribution is 5.43. The monoisotopic (exact) mass is 227 g/mol. The van der Waals surface area contributed by atoms with E-state index in [1.54, 1.807) is 24.3 Å². The van der Waals surface area contributed by atoms with Gasteiger partial charge in [-0.2, -0.15) is 0 Å². The third kappa shape index (κ3) is 3.04. The Morgan fingerprint density at radius 3 is 2.29 bits per heavy atom. The quantitative estimate of drug-likeness (QED) is 0.494. The van der Waals surface area contributed by atoms with E-state index >= 15 is 0 Å². The first kappa shape index (κ1) is 11.1. The summed E-state index contributed by atoms with van der Waals surface area (Å²) in [5.74, 6) is 0. The van der Waals surface area contributed by atoms with Crippen LogP contribution in [0.2, 0.25) is 0 Å². The van der Waals surface area contributed by atoms with Crippen molar-refractivity contribution in [3.63, 3.8) is 0 Å². The minimum absolute atomic E-state index is 0.493. The Balaban J connectivity index is 2.08. The van der Waals surface area contributed by atoms with Crippen LogP contribution in [0.1, 0.15) is 5.56 Å². The summed E-state index contributed by atoms with van der Waals surface area (Å²) in [6.07, 6.45) is 0. The topological polar surface area (TPSA) is 50.5 Å². The molecule has 0 atom stereocenters. The van der Waals surface area contributed by atoms with Crippen LogP contribution in [0.3, 0.4) is 0 Å². The first-order valence-corrected chi connectivity index (χ1v) is 5.31. The summed E-state index contributed by atoms with van der Waals surface area (Å²) >= 11 is 0. The van der Waals surface area contributed by atoms with E-state index in [1.165, 1.54) is 0 Å². The fraction of sp³-hybridized carbons (Fsp3) is 0.0769. The van der Waals surface area contributed by atoms with Gasteiger partial charge < -0.3 is 5.21 Å². The zero-order chi connectivity index (χ0) is 12.1.